The van der Waals surface area contributed by atoms with Crippen LogP contribution in [-0.2, 0) is 0 Å². The Balaban J connectivity index is 1.26. The SMILES string of the molecule is O=C(c1oc2cc(OC3CCN(C4CCC4)CC3)ccc2c1-c1ccccc1)N1CCC(F)(F)CC1. The highest BCUT2D eigenvalue weighted by atomic mass is 19.3. The van der Waals surface area contributed by atoms with Crippen molar-refractivity contribution in [1.29, 1.82) is 0 Å². The van der Waals surface area contributed by atoms with E-state index in [4.69, 9.17) is 9.15 Å². The predicted octanol–water partition coefficient (Wildman–Crippen LogP) is 6.37. The molecule has 190 valence electrons. The summed E-state index contributed by atoms with van der Waals surface area (Å²) >= 11 is 0. The second-order valence-electron chi connectivity index (χ2n) is 10.4. The Bertz CT molecular complexity index is 1220. The molecule has 0 radical (unpaired) electrons. The monoisotopic (exact) mass is 494 g/mol. The van der Waals surface area contributed by atoms with Crippen LogP contribution in [0.2, 0.25) is 0 Å². The van der Waals surface area contributed by atoms with Crippen molar-refractivity contribution < 1.29 is 22.7 Å². The fraction of sp³-hybridized carbons (Fsp3) is 0.483. The molecular weight excluding hydrogens is 462 g/mol. The fourth-order valence-corrected chi connectivity index (χ4v) is 5.68. The molecule has 5 nitrogen and oxygen atoms in total. The van der Waals surface area contributed by atoms with E-state index in [1.54, 1.807) is 0 Å². The molecule has 0 N–H and O–H groups in total. The van der Waals surface area contributed by atoms with Crippen LogP contribution < -0.4 is 4.74 Å². The van der Waals surface area contributed by atoms with Gasteiger partial charge in [-0.15, -0.1) is 0 Å². The van der Waals surface area contributed by atoms with E-state index in [-0.39, 0.29) is 43.7 Å². The van der Waals surface area contributed by atoms with E-state index in [0.29, 0.717) is 11.1 Å². The van der Waals surface area contributed by atoms with E-state index in [0.717, 1.165) is 48.7 Å². The maximum absolute atomic E-state index is 13.7. The van der Waals surface area contributed by atoms with Gasteiger partial charge in [0.25, 0.3) is 11.8 Å². The number of likely N-dealkylation sites (tertiary alicyclic amines) is 2. The molecule has 0 bridgehead atoms. The first-order valence-corrected chi connectivity index (χ1v) is 13.2. The van der Waals surface area contributed by atoms with Gasteiger partial charge in [0, 0.05) is 62.1 Å². The number of halogens is 2. The summed E-state index contributed by atoms with van der Waals surface area (Å²) in [5.74, 6) is -2.12. The van der Waals surface area contributed by atoms with E-state index in [2.05, 4.69) is 4.90 Å². The predicted molar refractivity (Wildman–Crippen MR) is 135 cm³/mol. The lowest BCUT2D eigenvalue weighted by atomic mass is 9.90. The number of fused-ring (bicyclic) bond motifs is 1. The third-order valence-electron chi connectivity index (χ3n) is 8.07. The quantitative estimate of drug-likeness (QED) is 0.414. The van der Waals surface area contributed by atoms with Crippen LogP contribution in [0.3, 0.4) is 0 Å². The largest absolute Gasteiger partial charge is 0.490 e. The molecule has 1 aliphatic carbocycles. The van der Waals surface area contributed by atoms with Gasteiger partial charge in [-0.2, -0.15) is 0 Å². The van der Waals surface area contributed by atoms with Crippen LogP contribution in [0.5, 0.6) is 5.75 Å². The number of piperidine rings is 2. The first kappa shape index (κ1) is 23.5. The fourth-order valence-electron chi connectivity index (χ4n) is 5.68. The third-order valence-corrected chi connectivity index (χ3v) is 8.07. The molecule has 2 aromatic carbocycles. The van der Waals surface area contributed by atoms with Gasteiger partial charge in [-0.1, -0.05) is 36.8 Å². The molecular formula is C29H32F2N2O3. The molecule has 36 heavy (non-hydrogen) atoms. The molecule has 3 heterocycles. The van der Waals surface area contributed by atoms with E-state index in [9.17, 15) is 13.6 Å². The number of hydrogen-bond acceptors (Lipinski definition) is 4. The van der Waals surface area contributed by atoms with Gasteiger partial charge in [-0.3, -0.25) is 4.79 Å². The number of carbonyl (C=O) groups excluding carboxylic acids is 1. The first-order valence-electron chi connectivity index (χ1n) is 13.2. The number of rotatable bonds is 5. The maximum atomic E-state index is 13.7. The molecule has 2 aliphatic heterocycles. The number of carbonyl (C=O) groups is 1. The molecule has 6 rings (SSSR count). The summed E-state index contributed by atoms with van der Waals surface area (Å²) in [6.45, 7) is 2.18. The molecule has 2 saturated heterocycles. The topological polar surface area (TPSA) is 45.9 Å². The average Bonchev–Trinajstić information content (AvgIpc) is 3.23. The third kappa shape index (κ3) is 4.61. The molecule has 0 spiro atoms. The molecule has 3 fully saturated rings. The molecule has 3 aromatic rings. The van der Waals surface area contributed by atoms with Crippen molar-refractivity contribution in [3.63, 3.8) is 0 Å². The molecule has 0 unspecified atom stereocenters. The summed E-state index contributed by atoms with van der Waals surface area (Å²) < 4.78 is 39.9. The van der Waals surface area contributed by atoms with Crippen LogP contribution in [0.25, 0.3) is 22.1 Å². The summed E-state index contributed by atoms with van der Waals surface area (Å²) in [7, 11) is 0. The number of ether oxygens (including phenoxy) is 1. The Morgan fingerprint density at radius 2 is 1.67 bits per heavy atom. The van der Waals surface area contributed by atoms with E-state index >= 15 is 0 Å². The highest BCUT2D eigenvalue weighted by Crippen LogP contribution is 2.39. The molecule has 0 atom stereocenters. The van der Waals surface area contributed by atoms with Crippen molar-refractivity contribution in [2.24, 2.45) is 0 Å². The Morgan fingerprint density at radius 1 is 0.944 bits per heavy atom. The van der Waals surface area contributed by atoms with Crippen LogP contribution >= 0.6 is 0 Å². The van der Waals surface area contributed by atoms with Crippen LogP contribution in [0.4, 0.5) is 8.78 Å². The number of furan rings is 1. The number of alkyl halides is 2. The van der Waals surface area contributed by atoms with Gasteiger partial charge in [-0.05, 0) is 43.4 Å². The molecule has 1 aromatic heterocycles. The van der Waals surface area contributed by atoms with Gasteiger partial charge < -0.3 is 19.0 Å². The Labute approximate surface area is 210 Å². The lowest BCUT2D eigenvalue weighted by molar-refractivity contribution is -0.0498. The molecule has 1 saturated carbocycles. The maximum Gasteiger partial charge on any atom is 0.290 e. The van der Waals surface area contributed by atoms with Crippen LogP contribution in [0.15, 0.2) is 52.9 Å². The zero-order valence-corrected chi connectivity index (χ0v) is 20.4. The van der Waals surface area contributed by atoms with Gasteiger partial charge >= 0.3 is 0 Å². The highest BCUT2D eigenvalue weighted by Gasteiger charge is 2.37. The normalized spacial score (nSPS) is 21.4. The number of amides is 1. The van der Waals surface area contributed by atoms with Crippen molar-refractivity contribution in [3.05, 3.63) is 54.3 Å². The van der Waals surface area contributed by atoms with E-state index < -0.39 is 5.92 Å². The first-order chi connectivity index (χ1) is 17.5. The van der Waals surface area contributed by atoms with Crippen molar-refractivity contribution >= 4 is 16.9 Å². The lowest BCUT2D eigenvalue weighted by Crippen LogP contribution is -2.46. The molecule has 3 aliphatic rings. The average molecular weight is 495 g/mol. The van der Waals surface area contributed by atoms with Gasteiger partial charge in [0.2, 0.25) is 5.76 Å². The smallest absolute Gasteiger partial charge is 0.290 e. The van der Waals surface area contributed by atoms with E-state index in [1.807, 2.05) is 48.5 Å². The van der Waals surface area contributed by atoms with Gasteiger partial charge in [0.05, 0.1) is 0 Å². The zero-order valence-electron chi connectivity index (χ0n) is 20.4. The van der Waals surface area contributed by atoms with Crippen molar-refractivity contribution in [2.45, 2.75) is 63.0 Å². The number of benzene rings is 2. The Kier molecular flexibility index (Phi) is 6.20. The second-order valence-corrected chi connectivity index (χ2v) is 10.4. The summed E-state index contributed by atoms with van der Waals surface area (Å²) in [6.07, 6.45) is 5.53. The van der Waals surface area contributed by atoms with Crippen molar-refractivity contribution in [1.82, 2.24) is 9.80 Å². The highest BCUT2D eigenvalue weighted by molar-refractivity contribution is 6.08. The minimum atomic E-state index is -2.72. The second kappa shape index (κ2) is 9.51. The minimum Gasteiger partial charge on any atom is -0.490 e. The zero-order chi connectivity index (χ0) is 24.7. The number of hydrogen-bond donors (Lipinski definition) is 0. The minimum absolute atomic E-state index is 0.0189. The van der Waals surface area contributed by atoms with Crippen LogP contribution in [-0.4, -0.2) is 60.0 Å². The standard InChI is InChI=1S/C29H32F2N2O3/c30-29(31)13-17-33(18-14-29)28(34)27-26(20-5-2-1-3-6-20)24-10-9-23(19-25(24)36-27)35-22-11-15-32(16-12-22)21-7-4-8-21/h1-3,5-6,9-10,19,21-22H,4,7-8,11-18H2. The van der Waals surface area contributed by atoms with Crippen molar-refractivity contribution in [3.8, 4) is 16.9 Å². The number of nitrogens with zero attached hydrogens (tertiary/aromatic N) is 2. The Hall–Kier alpha value is -2.93. The van der Waals surface area contributed by atoms with Crippen LogP contribution in [0, 0.1) is 0 Å². The summed E-state index contributed by atoms with van der Waals surface area (Å²) in [5.41, 5.74) is 2.14. The summed E-state index contributed by atoms with van der Waals surface area (Å²) in [4.78, 5) is 17.5. The van der Waals surface area contributed by atoms with Crippen LogP contribution in [0.1, 0.15) is 55.5 Å². The van der Waals surface area contributed by atoms with Crippen molar-refractivity contribution in [2.75, 3.05) is 26.2 Å². The Morgan fingerprint density at radius 3 is 2.33 bits per heavy atom. The summed E-state index contributed by atoms with van der Waals surface area (Å²) in [5, 5.41) is 0.819. The summed E-state index contributed by atoms with van der Waals surface area (Å²) in [6, 6.07) is 16.1. The molecule has 7 heteroatoms. The van der Waals surface area contributed by atoms with Gasteiger partial charge in [-0.25, -0.2) is 8.78 Å². The molecule has 1 amide bonds. The van der Waals surface area contributed by atoms with E-state index in [1.165, 1.54) is 24.2 Å². The lowest BCUT2D eigenvalue weighted by Gasteiger charge is -2.41. The van der Waals surface area contributed by atoms with Gasteiger partial charge in [0.15, 0.2) is 0 Å². The van der Waals surface area contributed by atoms with Gasteiger partial charge in [0.1, 0.15) is 17.4 Å².